The van der Waals surface area contributed by atoms with E-state index < -0.39 is 6.17 Å². The van der Waals surface area contributed by atoms with Crippen LogP contribution in [0.2, 0.25) is 0 Å². The molecule has 8 heteroatoms. The van der Waals surface area contributed by atoms with E-state index in [4.69, 9.17) is 0 Å². The van der Waals surface area contributed by atoms with E-state index in [0.717, 1.165) is 13.7 Å². The Bertz CT molecular complexity index is 736. The molecule has 2 amide bonds. The molecule has 4 nitrogen and oxygen atoms in total. The lowest BCUT2D eigenvalue weighted by Crippen LogP contribution is -2.28. The molecule has 0 aliphatic carbocycles. The number of alkyl halides is 1. The molecule has 1 aliphatic heterocycles. The lowest BCUT2D eigenvalue weighted by atomic mass is 10.3. The molecule has 0 spiro atoms. The van der Waals surface area contributed by atoms with E-state index in [1.807, 2.05) is 29.8 Å². The van der Waals surface area contributed by atoms with Crippen molar-refractivity contribution in [1.29, 1.82) is 0 Å². The SMILES string of the molecule is Cc1cn(-c2ccc(Br)s2)/c(=N/C(=O)N2CCC(F)C2)s1. The van der Waals surface area contributed by atoms with Crippen LogP contribution < -0.4 is 4.80 Å². The van der Waals surface area contributed by atoms with E-state index in [1.165, 1.54) is 16.2 Å². The van der Waals surface area contributed by atoms with E-state index in [2.05, 4.69) is 20.9 Å². The minimum Gasteiger partial charge on any atom is -0.320 e. The standard InChI is InChI=1S/C13H13BrFN3OS2/c1-8-6-18(11-3-2-10(14)21-11)13(20-8)16-12(19)17-5-4-9(15)7-17/h2-3,6,9H,4-5,7H2,1H3/b16-13-. The van der Waals surface area contributed by atoms with Crippen molar-refractivity contribution in [3.8, 4) is 5.00 Å². The summed E-state index contributed by atoms with van der Waals surface area (Å²) >= 11 is 6.46. The summed E-state index contributed by atoms with van der Waals surface area (Å²) in [4.78, 5) is 19.5. The second-order valence-electron chi connectivity index (χ2n) is 4.80. The van der Waals surface area contributed by atoms with Crippen LogP contribution in [0.4, 0.5) is 9.18 Å². The molecule has 21 heavy (non-hydrogen) atoms. The first-order valence-electron chi connectivity index (χ1n) is 6.45. The molecule has 0 N–H and O–H groups in total. The quantitative estimate of drug-likeness (QED) is 0.731. The smallest absolute Gasteiger partial charge is 0.320 e. The van der Waals surface area contributed by atoms with Crippen LogP contribution in [0, 0.1) is 6.92 Å². The Morgan fingerprint density at radius 1 is 1.48 bits per heavy atom. The minimum absolute atomic E-state index is 0.150. The van der Waals surface area contributed by atoms with Gasteiger partial charge in [-0.05, 0) is 41.4 Å². The second-order valence-corrected chi connectivity index (χ2v) is 8.45. The summed E-state index contributed by atoms with van der Waals surface area (Å²) < 4.78 is 16.1. The normalized spacial score (nSPS) is 19.5. The molecule has 1 unspecified atom stereocenters. The summed E-state index contributed by atoms with van der Waals surface area (Å²) in [7, 11) is 0. The van der Waals surface area contributed by atoms with Crippen molar-refractivity contribution < 1.29 is 9.18 Å². The number of halogens is 2. The van der Waals surface area contributed by atoms with E-state index in [-0.39, 0.29) is 12.6 Å². The van der Waals surface area contributed by atoms with Gasteiger partial charge in [0.2, 0.25) is 0 Å². The fourth-order valence-electron chi connectivity index (χ4n) is 2.17. The molecule has 3 heterocycles. The van der Waals surface area contributed by atoms with E-state index in [0.29, 0.717) is 17.8 Å². The Morgan fingerprint density at radius 2 is 2.29 bits per heavy atom. The number of urea groups is 1. The van der Waals surface area contributed by atoms with Gasteiger partial charge in [0.05, 0.1) is 10.3 Å². The monoisotopic (exact) mass is 389 g/mol. The van der Waals surface area contributed by atoms with Crippen LogP contribution in [-0.4, -0.2) is 34.8 Å². The fourth-order valence-corrected chi connectivity index (χ4v) is 4.39. The van der Waals surface area contributed by atoms with Crippen LogP contribution in [0.15, 0.2) is 27.1 Å². The molecule has 0 aromatic carbocycles. The zero-order chi connectivity index (χ0) is 15.0. The molecular weight excluding hydrogens is 377 g/mol. The molecule has 112 valence electrons. The van der Waals surface area contributed by atoms with Crippen LogP contribution in [0.3, 0.4) is 0 Å². The number of aryl methyl sites for hydroxylation is 1. The van der Waals surface area contributed by atoms with Crippen molar-refractivity contribution in [2.75, 3.05) is 13.1 Å². The first-order chi connectivity index (χ1) is 10.0. The first-order valence-corrected chi connectivity index (χ1v) is 8.88. The third-order valence-corrected chi connectivity index (χ3v) is 5.68. The van der Waals surface area contributed by atoms with Gasteiger partial charge >= 0.3 is 6.03 Å². The number of hydrogen-bond acceptors (Lipinski definition) is 3. The molecule has 0 saturated carbocycles. The number of hydrogen-bond donors (Lipinski definition) is 0. The molecule has 1 saturated heterocycles. The Hall–Kier alpha value is -0.990. The summed E-state index contributed by atoms with van der Waals surface area (Å²) in [6, 6.07) is 3.57. The third-order valence-electron chi connectivity index (χ3n) is 3.16. The molecule has 3 rings (SSSR count). The van der Waals surface area contributed by atoms with Crippen molar-refractivity contribution in [1.82, 2.24) is 9.47 Å². The lowest BCUT2D eigenvalue weighted by Gasteiger charge is -2.10. The predicted octanol–water partition coefficient (Wildman–Crippen LogP) is 3.74. The maximum Gasteiger partial charge on any atom is 0.346 e. The number of aromatic nitrogens is 1. The largest absolute Gasteiger partial charge is 0.346 e. The van der Waals surface area contributed by atoms with Crippen molar-refractivity contribution in [3.63, 3.8) is 0 Å². The number of thiazole rings is 1. The van der Waals surface area contributed by atoms with Gasteiger partial charge in [-0.15, -0.1) is 22.7 Å². The molecule has 2 aromatic heterocycles. The Labute approximate surface area is 137 Å². The van der Waals surface area contributed by atoms with Crippen LogP contribution >= 0.6 is 38.6 Å². The predicted molar refractivity (Wildman–Crippen MR) is 86.0 cm³/mol. The zero-order valence-corrected chi connectivity index (χ0v) is 14.5. The van der Waals surface area contributed by atoms with E-state index in [1.54, 1.807) is 11.3 Å². The average Bonchev–Trinajstić information content (AvgIpc) is 3.11. The van der Waals surface area contributed by atoms with Gasteiger partial charge in [0.25, 0.3) is 0 Å². The van der Waals surface area contributed by atoms with Gasteiger partial charge in [-0.2, -0.15) is 4.99 Å². The van der Waals surface area contributed by atoms with Gasteiger partial charge in [-0.25, -0.2) is 9.18 Å². The highest BCUT2D eigenvalue weighted by molar-refractivity contribution is 9.11. The fraction of sp³-hybridized carbons (Fsp3) is 0.385. The number of carbonyl (C=O) groups is 1. The summed E-state index contributed by atoms with van der Waals surface area (Å²) in [5.41, 5.74) is 0. The van der Waals surface area contributed by atoms with Gasteiger partial charge in [0.15, 0.2) is 4.80 Å². The van der Waals surface area contributed by atoms with Gasteiger partial charge in [-0.1, -0.05) is 0 Å². The first kappa shape index (κ1) is 14.9. The summed E-state index contributed by atoms with van der Waals surface area (Å²) in [5, 5.41) is 0.988. The van der Waals surface area contributed by atoms with Crippen LogP contribution in [-0.2, 0) is 0 Å². The Balaban J connectivity index is 1.95. The number of nitrogens with zero attached hydrogens (tertiary/aromatic N) is 3. The minimum atomic E-state index is -0.922. The summed E-state index contributed by atoms with van der Waals surface area (Å²) in [6.45, 7) is 2.57. The molecular formula is C13H13BrFN3OS2. The lowest BCUT2D eigenvalue weighted by molar-refractivity contribution is 0.213. The highest BCUT2D eigenvalue weighted by Gasteiger charge is 2.25. The molecule has 1 fully saturated rings. The van der Waals surface area contributed by atoms with Crippen molar-refractivity contribution in [2.24, 2.45) is 4.99 Å². The van der Waals surface area contributed by atoms with Crippen molar-refractivity contribution in [2.45, 2.75) is 19.5 Å². The molecule has 1 aliphatic rings. The highest BCUT2D eigenvalue weighted by Crippen LogP contribution is 2.25. The average molecular weight is 390 g/mol. The molecule has 0 radical (unpaired) electrons. The van der Waals surface area contributed by atoms with Gasteiger partial charge in [0.1, 0.15) is 11.2 Å². The maximum absolute atomic E-state index is 13.2. The Kier molecular flexibility index (Phi) is 4.28. The van der Waals surface area contributed by atoms with Crippen LogP contribution in [0.5, 0.6) is 0 Å². The number of carbonyl (C=O) groups excluding carboxylic acids is 1. The number of likely N-dealkylation sites (tertiary alicyclic amines) is 1. The van der Waals surface area contributed by atoms with E-state index >= 15 is 0 Å². The Morgan fingerprint density at radius 3 is 2.90 bits per heavy atom. The van der Waals surface area contributed by atoms with Crippen LogP contribution in [0.25, 0.3) is 5.00 Å². The van der Waals surface area contributed by atoms with Crippen molar-refractivity contribution in [3.05, 3.63) is 31.8 Å². The zero-order valence-electron chi connectivity index (χ0n) is 11.3. The second kappa shape index (κ2) is 6.02. The van der Waals surface area contributed by atoms with E-state index in [9.17, 15) is 9.18 Å². The summed E-state index contributed by atoms with van der Waals surface area (Å²) in [6.07, 6.45) is 1.44. The van der Waals surface area contributed by atoms with Gasteiger partial charge < -0.3 is 4.90 Å². The number of amides is 2. The number of rotatable bonds is 1. The van der Waals surface area contributed by atoms with Gasteiger partial charge in [-0.3, -0.25) is 4.57 Å². The summed E-state index contributed by atoms with van der Waals surface area (Å²) in [5.74, 6) is 0. The molecule has 1 atom stereocenters. The van der Waals surface area contributed by atoms with Crippen molar-refractivity contribution >= 4 is 44.6 Å². The highest BCUT2D eigenvalue weighted by atomic mass is 79.9. The van der Waals surface area contributed by atoms with Gasteiger partial charge in [0, 0.05) is 17.6 Å². The maximum atomic E-state index is 13.2. The third kappa shape index (κ3) is 3.27. The molecule has 2 aromatic rings. The number of thiophene rings is 1. The van der Waals surface area contributed by atoms with Crippen LogP contribution in [0.1, 0.15) is 11.3 Å². The topological polar surface area (TPSA) is 37.6 Å². The molecule has 0 bridgehead atoms.